The van der Waals surface area contributed by atoms with E-state index in [1.807, 2.05) is 158 Å². The fourth-order valence-corrected chi connectivity index (χ4v) is 9.18. The molecule has 8 rings (SSSR count). The largest absolute Gasteiger partial charge is 0.374 e. The summed E-state index contributed by atoms with van der Waals surface area (Å²) in [6, 6.07) is 60.6. The summed E-state index contributed by atoms with van der Waals surface area (Å²) in [5, 5.41) is 0. The van der Waals surface area contributed by atoms with Gasteiger partial charge in [-0.05, 0) is 33.4 Å². The van der Waals surface area contributed by atoms with E-state index in [-0.39, 0.29) is 17.1 Å². The van der Waals surface area contributed by atoms with Crippen molar-refractivity contribution < 1.29 is 47.4 Å². The molecule has 346 valence electrons. The van der Waals surface area contributed by atoms with Gasteiger partial charge in [-0.15, -0.1) is 0 Å². The van der Waals surface area contributed by atoms with Crippen LogP contribution in [0.1, 0.15) is 33.4 Å². The molecule has 66 heavy (non-hydrogen) atoms. The standard InChI is InChI=1S/C55H59IO10/c1-57-55-53(63-37-45-30-18-7-19-31-45)52(62-36-44-28-16-6-17-29-44)50(60-34-42-24-12-4-13-25-42)47(66-55)39-64-54-48(56)51(61-35-43-26-14-5-15-27-43)49(59-33-41-22-10-3-11-23-41)46(65-54)38-58-32-40-20-8-2-9-21-40/h2-31,46-55H,32-39H2,1H3/t46-,47-,48-,49-,50-,51-,52+,53-,54+,55+/m1/s1. The summed E-state index contributed by atoms with van der Waals surface area (Å²) in [5.74, 6) is 0. The second kappa shape index (κ2) is 25.7. The first-order valence-electron chi connectivity index (χ1n) is 22.6. The first-order chi connectivity index (χ1) is 32.6. The Hall–Kier alpha value is -4.35. The van der Waals surface area contributed by atoms with Gasteiger partial charge >= 0.3 is 0 Å². The number of hydrogen-bond acceptors (Lipinski definition) is 10. The van der Waals surface area contributed by atoms with Crippen LogP contribution in [0.2, 0.25) is 0 Å². The summed E-state index contributed by atoms with van der Waals surface area (Å²) < 4.78 is 66.8. The summed E-state index contributed by atoms with van der Waals surface area (Å²) in [4.78, 5) is 0. The van der Waals surface area contributed by atoms with Crippen molar-refractivity contribution in [2.24, 2.45) is 0 Å². The maximum Gasteiger partial charge on any atom is 0.186 e. The van der Waals surface area contributed by atoms with Crippen molar-refractivity contribution in [3.8, 4) is 0 Å². The van der Waals surface area contributed by atoms with Crippen LogP contribution in [0.3, 0.4) is 0 Å². The van der Waals surface area contributed by atoms with E-state index in [0.29, 0.717) is 39.6 Å². The molecular formula is C55H59IO10. The number of methoxy groups -OCH3 is 1. The number of benzene rings is 6. The lowest BCUT2D eigenvalue weighted by Gasteiger charge is -2.47. The minimum absolute atomic E-state index is 0.0820. The van der Waals surface area contributed by atoms with E-state index in [2.05, 4.69) is 46.9 Å². The predicted molar refractivity (Wildman–Crippen MR) is 259 cm³/mol. The average molecular weight is 1010 g/mol. The first-order valence-corrected chi connectivity index (χ1v) is 23.8. The van der Waals surface area contributed by atoms with Crippen molar-refractivity contribution in [2.75, 3.05) is 20.3 Å². The van der Waals surface area contributed by atoms with Gasteiger partial charge in [0.05, 0.1) is 56.8 Å². The molecule has 0 saturated carbocycles. The van der Waals surface area contributed by atoms with Crippen molar-refractivity contribution in [2.45, 2.75) is 98.9 Å². The van der Waals surface area contributed by atoms with Crippen LogP contribution >= 0.6 is 22.6 Å². The van der Waals surface area contributed by atoms with Gasteiger partial charge in [-0.2, -0.15) is 0 Å². The number of alkyl halides is 1. The van der Waals surface area contributed by atoms with Crippen molar-refractivity contribution in [1.82, 2.24) is 0 Å². The molecule has 11 heteroatoms. The Balaban J connectivity index is 1.07. The Morgan fingerprint density at radius 3 is 1.08 bits per heavy atom. The van der Waals surface area contributed by atoms with Crippen LogP contribution in [-0.2, 0) is 87.0 Å². The Morgan fingerprint density at radius 1 is 0.348 bits per heavy atom. The molecule has 2 fully saturated rings. The van der Waals surface area contributed by atoms with Crippen LogP contribution in [-0.4, -0.2) is 79.6 Å². The second-order valence-corrected chi connectivity index (χ2v) is 17.8. The minimum atomic E-state index is -0.806. The first kappa shape index (κ1) is 48.1. The molecule has 2 saturated heterocycles. The topological polar surface area (TPSA) is 92.3 Å². The molecule has 0 radical (unpaired) electrons. The number of hydrogen-bond donors (Lipinski definition) is 0. The zero-order valence-electron chi connectivity index (χ0n) is 37.2. The van der Waals surface area contributed by atoms with E-state index in [1.165, 1.54) is 0 Å². The van der Waals surface area contributed by atoms with E-state index in [1.54, 1.807) is 7.11 Å². The van der Waals surface area contributed by atoms with Gasteiger partial charge < -0.3 is 47.4 Å². The highest BCUT2D eigenvalue weighted by molar-refractivity contribution is 14.1. The molecule has 2 heterocycles. The lowest BCUT2D eigenvalue weighted by molar-refractivity contribution is -0.333. The van der Waals surface area contributed by atoms with Crippen LogP contribution in [0.4, 0.5) is 0 Å². The maximum atomic E-state index is 6.93. The molecular weight excluding hydrogens is 947 g/mol. The molecule has 0 aliphatic carbocycles. The quantitative estimate of drug-likeness (QED) is 0.0457. The molecule has 10 nitrogen and oxygen atoms in total. The highest BCUT2D eigenvalue weighted by atomic mass is 127. The molecule has 0 amide bonds. The fourth-order valence-electron chi connectivity index (χ4n) is 8.19. The molecule has 6 aromatic carbocycles. The zero-order valence-corrected chi connectivity index (χ0v) is 39.4. The summed E-state index contributed by atoms with van der Waals surface area (Å²) in [6.07, 6.45) is -5.61. The van der Waals surface area contributed by atoms with Gasteiger partial charge in [-0.1, -0.05) is 205 Å². The third-order valence-corrected chi connectivity index (χ3v) is 12.9. The number of ether oxygens (including phenoxy) is 10. The van der Waals surface area contributed by atoms with Crippen LogP contribution in [0.25, 0.3) is 0 Å². The molecule has 10 atom stereocenters. The van der Waals surface area contributed by atoms with Crippen molar-refractivity contribution in [3.05, 3.63) is 215 Å². The summed E-state index contributed by atoms with van der Waals surface area (Å²) >= 11 is 2.39. The third kappa shape index (κ3) is 13.9. The molecule has 0 spiro atoms. The Bertz CT molecular complexity index is 2230. The number of rotatable bonds is 23. The molecule has 2 aliphatic heterocycles. The van der Waals surface area contributed by atoms with Crippen molar-refractivity contribution in [3.63, 3.8) is 0 Å². The van der Waals surface area contributed by atoms with Gasteiger partial charge in [0.2, 0.25) is 0 Å². The van der Waals surface area contributed by atoms with Crippen LogP contribution in [0, 0.1) is 0 Å². The monoisotopic (exact) mass is 1010 g/mol. The fraction of sp³-hybridized carbons (Fsp3) is 0.345. The smallest absolute Gasteiger partial charge is 0.186 e. The van der Waals surface area contributed by atoms with Crippen LogP contribution in [0.15, 0.2) is 182 Å². The average Bonchev–Trinajstić information content (AvgIpc) is 3.37. The van der Waals surface area contributed by atoms with E-state index >= 15 is 0 Å². The Morgan fingerprint density at radius 2 is 0.667 bits per heavy atom. The van der Waals surface area contributed by atoms with Crippen molar-refractivity contribution >= 4 is 22.6 Å². The lowest BCUT2D eigenvalue weighted by atomic mass is 9.97. The molecule has 0 aromatic heterocycles. The normalized spacial score (nSPS) is 25.4. The molecule has 2 aliphatic rings. The van der Waals surface area contributed by atoms with Gasteiger partial charge in [0.25, 0.3) is 0 Å². The minimum Gasteiger partial charge on any atom is -0.374 e. The van der Waals surface area contributed by atoms with Gasteiger partial charge in [0, 0.05) is 7.11 Å². The Kier molecular flexibility index (Phi) is 18.7. The lowest BCUT2D eigenvalue weighted by Crippen LogP contribution is -2.63. The van der Waals surface area contributed by atoms with E-state index in [0.717, 1.165) is 33.4 Å². The van der Waals surface area contributed by atoms with Crippen molar-refractivity contribution in [1.29, 1.82) is 0 Å². The predicted octanol–water partition coefficient (Wildman–Crippen LogP) is 10.0. The second-order valence-electron chi connectivity index (χ2n) is 16.4. The van der Waals surface area contributed by atoms with Gasteiger partial charge in [0.15, 0.2) is 12.6 Å². The van der Waals surface area contributed by atoms with Gasteiger partial charge in [-0.25, -0.2) is 0 Å². The van der Waals surface area contributed by atoms with Gasteiger partial charge in [0.1, 0.15) is 42.7 Å². The van der Waals surface area contributed by atoms with Gasteiger partial charge in [-0.3, -0.25) is 0 Å². The van der Waals surface area contributed by atoms with E-state index < -0.39 is 55.3 Å². The molecule has 0 unspecified atom stereocenters. The van der Waals surface area contributed by atoms with Crippen LogP contribution in [0.5, 0.6) is 0 Å². The highest BCUT2D eigenvalue weighted by Crippen LogP contribution is 2.36. The Labute approximate surface area is 402 Å². The molecule has 0 bridgehead atoms. The number of halogens is 1. The molecule has 6 aromatic rings. The zero-order chi connectivity index (χ0) is 45.2. The summed E-state index contributed by atoms with van der Waals surface area (Å²) in [6.45, 7) is 2.44. The highest BCUT2D eigenvalue weighted by Gasteiger charge is 2.51. The summed E-state index contributed by atoms with van der Waals surface area (Å²) in [7, 11) is 1.62. The molecule has 0 N–H and O–H groups in total. The summed E-state index contributed by atoms with van der Waals surface area (Å²) in [5.41, 5.74) is 6.20. The van der Waals surface area contributed by atoms with E-state index in [9.17, 15) is 0 Å². The SMILES string of the molecule is CO[C@H]1O[C@H](CO[C@H]2O[C@H](COCc3ccccc3)[C@@H](OCc3ccccc3)[C@H](OCc3ccccc3)[C@H]2I)[C@@H](OCc2ccccc2)[C@H](OCc2ccccc2)[C@H]1OCc1ccccc1. The third-order valence-electron chi connectivity index (χ3n) is 11.6. The van der Waals surface area contributed by atoms with Crippen LogP contribution < -0.4 is 0 Å². The van der Waals surface area contributed by atoms with E-state index in [4.69, 9.17) is 47.4 Å². The maximum absolute atomic E-state index is 6.93.